The molecule has 0 saturated carbocycles. The number of carbonyl (C=O) groups is 5. The highest BCUT2D eigenvalue weighted by Gasteiger charge is 2.34. The Labute approximate surface area is 107 Å². The van der Waals surface area contributed by atoms with Crippen LogP contribution in [0.15, 0.2) is 0 Å². The van der Waals surface area contributed by atoms with Crippen molar-refractivity contribution in [1.82, 2.24) is 10.1 Å². The van der Waals surface area contributed by atoms with Gasteiger partial charge in [0.2, 0.25) is 0 Å². The van der Waals surface area contributed by atoms with E-state index >= 15 is 0 Å². The smallest absolute Gasteiger partial charge is 0.303 e. The fourth-order valence-electron chi connectivity index (χ4n) is 1.25. The average Bonchev–Trinajstić information content (AvgIpc) is 2.67. The number of hydrogen-bond donors (Lipinski definition) is 0. The van der Waals surface area contributed by atoms with Crippen molar-refractivity contribution in [2.75, 3.05) is 7.05 Å². The molecular formula is C10H12N2O7. The molecule has 0 atom stereocenters. The summed E-state index contributed by atoms with van der Waals surface area (Å²) in [5, 5.41) is 0.864. The first-order valence-corrected chi connectivity index (χ1v) is 5.41. The van der Waals surface area contributed by atoms with E-state index in [0.29, 0.717) is 16.4 Å². The second-order valence-corrected chi connectivity index (χ2v) is 3.61. The summed E-state index contributed by atoms with van der Waals surface area (Å²) >= 11 is 0. The maximum Gasteiger partial charge on any atom is 0.559 e. The highest BCUT2D eigenvalue weighted by atomic mass is 16.9. The number of hydrogen-bond acceptors (Lipinski definition) is 7. The van der Waals surface area contributed by atoms with Crippen LogP contribution in [0.5, 0.6) is 0 Å². The normalized spacial score (nSPS) is 14.3. The zero-order chi connectivity index (χ0) is 14.4. The molecule has 1 saturated heterocycles. The molecule has 0 aromatic heterocycles. The number of amides is 3. The molecular weight excluding hydrogens is 260 g/mol. The lowest BCUT2D eigenvalue weighted by molar-refractivity contribution is -0.195. The molecule has 9 nitrogen and oxygen atoms in total. The van der Waals surface area contributed by atoms with E-state index < -0.39 is 23.9 Å². The van der Waals surface area contributed by atoms with Crippen LogP contribution in [-0.4, -0.2) is 47.3 Å². The van der Waals surface area contributed by atoms with Crippen molar-refractivity contribution < 1.29 is 33.6 Å². The predicted molar refractivity (Wildman–Crippen MR) is 56.7 cm³/mol. The summed E-state index contributed by atoms with van der Waals surface area (Å²) in [5.41, 5.74) is 0. The highest BCUT2D eigenvalue weighted by molar-refractivity contribution is 6.01. The molecule has 1 fully saturated rings. The van der Waals surface area contributed by atoms with Crippen LogP contribution in [-0.2, 0) is 28.9 Å². The van der Waals surface area contributed by atoms with E-state index in [2.05, 4.69) is 9.68 Å². The molecule has 9 heteroatoms. The van der Waals surface area contributed by atoms with E-state index in [0.717, 1.165) is 7.05 Å². The predicted octanol–water partition coefficient (Wildman–Crippen LogP) is -0.444. The molecule has 0 aliphatic carbocycles. The summed E-state index contributed by atoms with van der Waals surface area (Å²) in [6, 6.07) is 0. The molecule has 0 bridgehead atoms. The van der Waals surface area contributed by atoms with Crippen LogP contribution in [0.2, 0.25) is 0 Å². The molecule has 0 aromatic rings. The minimum Gasteiger partial charge on any atom is -0.303 e. The fourth-order valence-corrected chi connectivity index (χ4v) is 1.25. The van der Waals surface area contributed by atoms with Crippen LogP contribution >= 0.6 is 0 Å². The second-order valence-electron chi connectivity index (χ2n) is 3.61. The van der Waals surface area contributed by atoms with Crippen molar-refractivity contribution in [3.63, 3.8) is 0 Å². The summed E-state index contributed by atoms with van der Waals surface area (Å²) in [4.78, 5) is 63.7. The molecule has 3 amide bonds. The van der Waals surface area contributed by atoms with Gasteiger partial charge in [0.15, 0.2) is 0 Å². The Hall–Kier alpha value is -2.45. The summed E-state index contributed by atoms with van der Waals surface area (Å²) in [5.74, 6) is -1.93. The molecule has 0 spiro atoms. The Morgan fingerprint density at radius 2 is 1.89 bits per heavy atom. The van der Waals surface area contributed by atoms with Crippen LogP contribution in [0.4, 0.5) is 4.79 Å². The number of nitrogens with zero attached hydrogens (tertiary/aromatic N) is 2. The number of hydroxylamine groups is 4. The van der Waals surface area contributed by atoms with Gasteiger partial charge in [-0.3, -0.25) is 19.2 Å². The van der Waals surface area contributed by atoms with Crippen molar-refractivity contribution in [3.8, 4) is 0 Å². The van der Waals surface area contributed by atoms with Gasteiger partial charge in [-0.25, -0.2) is 0 Å². The lowest BCUT2D eigenvalue weighted by Gasteiger charge is -2.17. The van der Waals surface area contributed by atoms with Gasteiger partial charge in [-0.05, 0) is 0 Å². The number of carbonyl (C=O) groups excluding carboxylic acids is 5. The molecule has 104 valence electrons. The SMILES string of the molecule is CN(OC(=O)ON1C(=O)CCC1=O)C(=O)CCC=O. The molecule has 0 radical (unpaired) electrons. The molecule has 0 unspecified atom stereocenters. The fraction of sp³-hybridized carbons (Fsp3) is 0.500. The van der Waals surface area contributed by atoms with Gasteiger partial charge in [0.1, 0.15) is 6.29 Å². The number of rotatable bonds is 4. The van der Waals surface area contributed by atoms with Crippen LogP contribution < -0.4 is 0 Å². The first-order valence-electron chi connectivity index (χ1n) is 5.41. The van der Waals surface area contributed by atoms with Crippen LogP contribution in [0.25, 0.3) is 0 Å². The summed E-state index contributed by atoms with van der Waals surface area (Å²) in [6.07, 6.45) is -1.06. The second kappa shape index (κ2) is 6.47. The van der Waals surface area contributed by atoms with Crippen molar-refractivity contribution in [2.24, 2.45) is 0 Å². The Balaban J connectivity index is 2.42. The van der Waals surface area contributed by atoms with Gasteiger partial charge in [-0.15, -0.1) is 0 Å². The minimum atomic E-state index is -1.38. The first-order chi connectivity index (χ1) is 8.95. The van der Waals surface area contributed by atoms with E-state index in [4.69, 9.17) is 0 Å². The lowest BCUT2D eigenvalue weighted by atomic mass is 10.3. The van der Waals surface area contributed by atoms with E-state index in [-0.39, 0.29) is 25.7 Å². The van der Waals surface area contributed by atoms with E-state index in [1.54, 1.807) is 0 Å². The topological polar surface area (TPSA) is 110 Å². The third kappa shape index (κ3) is 4.05. The summed E-state index contributed by atoms with van der Waals surface area (Å²) in [6.45, 7) is 0. The van der Waals surface area contributed by atoms with E-state index in [1.807, 2.05) is 0 Å². The monoisotopic (exact) mass is 272 g/mol. The maximum atomic E-state index is 11.3. The Bertz CT molecular complexity index is 404. The van der Waals surface area contributed by atoms with E-state index in [1.165, 1.54) is 0 Å². The standard InChI is InChI=1S/C10H12N2O7/c1-11(7(14)3-2-6-13)18-10(17)19-12-8(15)4-5-9(12)16/h6H,2-5H2,1H3. The average molecular weight is 272 g/mol. The first kappa shape index (κ1) is 14.6. The van der Waals surface area contributed by atoms with Crippen molar-refractivity contribution in [1.29, 1.82) is 0 Å². The van der Waals surface area contributed by atoms with Gasteiger partial charge < -0.3 is 9.63 Å². The maximum absolute atomic E-state index is 11.3. The molecule has 0 N–H and O–H groups in total. The van der Waals surface area contributed by atoms with Crippen LogP contribution in [0.3, 0.4) is 0 Å². The molecule has 0 aromatic carbocycles. The van der Waals surface area contributed by atoms with Crippen molar-refractivity contribution in [2.45, 2.75) is 25.7 Å². The van der Waals surface area contributed by atoms with Gasteiger partial charge in [-0.1, -0.05) is 5.06 Å². The molecule has 1 aliphatic heterocycles. The van der Waals surface area contributed by atoms with Gasteiger partial charge in [-0.2, -0.15) is 9.86 Å². The van der Waals surface area contributed by atoms with Crippen molar-refractivity contribution >= 4 is 30.2 Å². The largest absolute Gasteiger partial charge is 0.559 e. The molecule has 1 aliphatic rings. The highest BCUT2D eigenvalue weighted by Crippen LogP contribution is 2.12. The zero-order valence-corrected chi connectivity index (χ0v) is 10.2. The number of aldehydes is 1. The lowest BCUT2D eigenvalue weighted by Crippen LogP contribution is -2.36. The van der Waals surface area contributed by atoms with Gasteiger partial charge in [0, 0.05) is 32.7 Å². The Morgan fingerprint density at radius 3 is 2.42 bits per heavy atom. The van der Waals surface area contributed by atoms with Crippen LogP contribution in [0, 0.1) is 0 Å². The Kier molecular flexibility index (Phi) is 4.98. The number of imide groups is 1. The molecule has 19 heavy (non-hydrogen) atoms. The van der Waals surface area contributed by atoms with Gasteiger partial charge in [0.25, 0.3) is 17.7 Å². The van der Waals surface area contributed by atoms with Gasteiger partial charge in [0.05, 0.1) is 0 Å². The zero-order valence-electron chi connectivity index (χ0n) is 10.2. The summed E-state index contributed by atoms with van der Waals surface area (Å²) < 4.78 is 0. The quantitative estimate of drug-likeness (QED) is 0.387. The van der Waals surface area contributed by atoms with Crippen molar-refractivity contribution in [3.05, 3.63) is 0 Å². The molecule has 1 heterocycles. The Morgan fingerprint density at radius 1 is 1.32 bits per heavy atom. The molecule has 1 rings (SSSR count). The third-order valence-corrected chi connectivity index (χ3v) is 2.21. The summed E-state index contributed by atoms with van der Waals surface area (Å²) in [7, 11) is 1.14. The van der Waals surface area contributed by atoms with Crippen LogP contribution in [0.1, 0.15) is 25.7 Å². The third-order valence-electron chi connectivity index (χ3n) is 2.21. The van der Waals surface area contributed by atoms with E-state index in [9.17, 15) is 24.0 Å². The minimum absolute atomic E-state index is 0.00925. The van der Waals surface area contributed by atoms with Gasteiger partial charge >= 0.3 is 6.16 Å².